The number of carboxylic acids is 1. The van der Waals surface area contributed by atoms with E-state index in [9.17, 15) is 18.7 Å². The maximum absolute atomic E-state index is 13.7. The van der Waals surface area contributed by atoms with Crippen LogP contribution in [-0.4, -0.2) is 11.1 Å². The average Bonchev–Trinajstić information content (AvgIpc) is 2.37. The number of halogens is 3. The van der Waals surface area contributed by atoms with Crippen molar-refractivity contribution in [2.24, 2.45) is 0 Å². The van der Waals surface area contributed by atoms with Gasteiger partial charge in [0.1, 0.15) is 11.6 Å². The van der Waals surface area contributed by atoms with Crippen LogP contribution in [0, 0.1) is 11.6 Å². The van der Waals surface area contributed by atoms with Gasteiger partial charge < -0.3 is 10.4 Å². The monoisotopic (exact) mass is 341 g/mol. The highest BCUT2D eigenvalue weighted by molar-refractivity contribution is 9.10. The van der Waals surface area contributed by atoms with Crippen molar-refractivity contribution in [1.29, 1.82) is 0 Å². The second kappa shape index (κ2) is 6.00. The standard InChI is InChI=1S/C14H10BrF2NO2/c15-8-3-1-4-9(7-8)18-13(14(19)20)12-10(16)5-2-6-11(12)17/h1-7,13,18H,(H,19,20). The van der Waals surface area contributed by atoms with Gasteiger partial charge in [0, 0.05) is 10.2 Å². The van der Waals surface area contributed by atoms with Gasteiger partial charge in [0.25, 0.3) is 0 Å². The van der Waals surface area contributed by atoms with Crippen LogP contribution in [0.4, 0.5) is 14.5 Å². The van der Waals surface area contributed by atoms with Crippen molar-refractivity contribution in [3.05, 3.63) is 64.1 Å². The number of benzene rings is 2. The van der Waals surface area contributed by atoms with E-state index in [4.69, 9.17) is 0 Å². The zero-order valence-electron chi connectivity index (χ0n) is 10.1. The van der Waals surface area contributed by atoms with E-state index in [-0.39, 0.29) is 0 Å². The molecular formula is C14H10BrF2NO2. The van der Waals surface area contributed by atoms with Crippen molar-refractivity contribution < 1.29 is 18.7 Å². The van der Waals surface area contributed by atoms with Gasteiger partial charge in [0.2, 0.25) is 0 Å². The first-order valence-corrected chi connectivity index (χ1v) is 6.47. The van der Waals surface area contributed by atoms with Crippen molar-refractivity contribution in [2.45, 2.75) is 6.04 Å². The molecule has 1 unspecified atom stereocenters. The fourth-order valence-corrected chi connectivity index (χ4v) is 2.19. The minimum Gasteiger partial charge on any atom is -0.479 e. The molecule has 1 atom stereocenters. The van der Waals surface area contributed by atoms with Crippen molar-refractivity contribution in [3.63, 3.8) is 0 Å². The van der Waals surface area contributed by atoms with Crippen molar-refractivity contribution >= 4 is 27.6 Å². The number of aliphatic carboxylic acids is 1. The van der Waals surface area contributed by atoms with Crippen LogP contribution in [0.5, 0.6) is 0 Å². The van der Waals surface area contributed by atoms with E-state index in [1.807, 2.05) is 0 Å². The van der Waals surface area contributed by atoms with Gasteiger partial charge in [-0.3, -0.25) is 0 Å². The third-order valence-electron chi connectivity index (χ3n) is 2.67. The Morgan fingerprint density at radius 1 is 1.15 bits per heavy atom. The van der Waals surface area contributed by atoms with E-state index < -0.39 is 29.2 Å². The zero-order valence-corrected chi connectivity index (χ0v) is 11.7. The highest BCUT2D eigenvalue weighted by Gasteiger charge is 2.26. The molecule has 0 aliphatic rings. The van der Waals surface area contributed by atoms with Gasteiger partial charge in [-0.1, -0.05) is 28.1 Å². The maximum atomic E-state index is 13.7. The van der Waals surface area contributed by atoms with Crippen LogP contribution in [0.25, 0.3) is 0 Å². The lowest BCUT2D eigenvalue weighted by Gasteiger charge is -2.17. The molecule has 104 valence electrons. The van der Waals surface area contributed by atoms with Crippen LogP contribution in [-0.2, 0) is 4.79 Å². The molecule has 3 nitrogen and oxygen atoms in total. The Balaban J connectivity index is 2.40. The Morgan fingerprint density at radius 2 is 1.75 bits per heavy atom. The summed E-state index contributed by atoms with van der Waals surface area (Å²) in [5, 5.41) is 11.8. The summed E-state index contributed by atoms with van der Waals surface area (Å²) < 4.78 is 28.1. The molecule has 0 fully saturated rings. The Bertz CT molecular complexity index is 629. The largest absolute Gasteiger partial charge is 0.479 e. The SMILES string of the molecule is O=C(O)C(Nc1cccc(Br)c1)c1c(F)cccc1F. The van der Waals surface area contributed by atoms with E-state index in [0.29, 0.717) is 5.69 Å². The molecule has 2 aromatic rings. The highest BCUT2D eigenvalue weighted by Crippen LogP contribution is 2.26. The third-order valence-corrected chi connectivity index (χ3v) is 3.16. The summed E-state index contributed by atoms with van der Waals surface area (Å²) in [5.41, 5.74) is -0.0746. The summed E-state index contributed by atoms with van der Waals surface area (Å²) in [7, 11) is 0. The van der Waals surface area contributed by atoms with Gasteiger partial charge in [-0.2, -0.15) is 0 Å². The molecule has 0 bridgehead atoms. The molecule has 0 saturated heterocycles. The number of hydrogen-bond acceptors (Lipinski definition) is 2. The van der Waals surface area contributed by atoms with Crippen LogP contribution in [0.15, 0.2) is 46.9 Å². The number of carbonyl (C=O) groups is 1. The summed E-state index contributed by atoms with van der Waals surface area (Å²) >= 11 is 3.24. The van der Waals surface area contributed by atoms with Crippen LogP contribution >= 0.6 is 15.9 Å². The number of anilines is 1. The van der Waals surface area contributed by atoms with Gasteiger partial charge in [-0.25, -0.2) is 13.6 Å². The minimum atomic E-state index is -1.51. The lowest BCUT2D eigenvalue weighted by atomic mass is 10.1. The van der Waals surface area contributed by atoms with Crippen molar-refractivity contribution in [2.75, 3.05) is 5.32 Å². The molecule has 0 heterocycles. The number of hydrogen-bond donors (Lipinski definition) is 2. The fraction of sp³-hybridized carbons (Fsp3) is 0.0714. The highest BCUT2D eigenvalue weighted by atomic mass is 79.9. The van der Waals surface area contributed by atoms with Crippen LogP contribution in [0.3, 0.4) is 0 Å². The average molecular weight is 342 g/mol. The molecule has 0 saturated carbocycles. The third kappa shape index (κ3) is 3.14. The summed E-state index contributed by atoms with van der Waals surface area (Å²) in [5.74, 6) is -3.17. The predicted molar refractivity (Wildman–Crippen MR) is 74.5 cm³/mol. The summed E-state index contributed by atoms with van der Waals surface area (Å²) in [6.45, 7) is 0. The molecular weight excluding hydrogens is 332 g/mol. The molecule has 0 spiro atoms. The van der Waals surface area contributed by atoms with Crippen molar-refractivity contribution in [3.8, 4) is 0 Å². The smallest absolute Gasteiger partial charge is 0.331 e. The number of nitrogens with one attached hydrogen (secondary N) is 1. The number of rotatable bonds is 4. The Labute approximate surface area is 122 Å². The normalized spacial score (nSPS) is 11.9. The summed E-state index contributed by atoms with van der Waals surface area (Å²) in [6.07, 6.45) is 0. The lowest BCUT2D eigenvalue weighted by Crippen LogP contribution is -2.23. The first kappa shape index (κ1) is 14.5. The molecule has 20 heavy (non-hydrogen) atoms. The minimum absolute atomic E-state index is 0.439. The zero-order chi connectivity index (χ0) is 14.7. The summed E-state index contributed by atoms with van der Waals surface area (Å²) in [6, 6.07) is 8.40. The second-order valence-corrected chi connectivity index (χ2v) is 4.98. The van der Waals surface area contributed by atoms with E-state index in [1.54, 1.807) is 24.3 Å². The first-order valence-electron chi connectivity index (χ1n) is 5.68. The Hall–Kier alpha value is -1.95. The maximum Gasteiger partial charge on any atom is 0.331 e. The molecule has 2 aromatic carbocycles. The van der Waals surface area contributed by atoms with Gasteiger partial charge in [0.05, 0.1) is 5.56 Å². The topological polar surface area (TPSA) is 49.3 Å². The molecule has 0 aromatic heterocycles. The van der Waals surface area contributed by atoms with Crippen LogP contribution in [0.2, 0.25) is 0 Å². The van der Waals surface area contributed by atoms with Crippen LogP contribution in [0.1, 0.15) is 11.6 Å². The Kier molecular flexibility index (Phi) is 4.34. The predicted octanol–water partition coefficient (Wildman–Crippen LogP) is 3.97. The number of carboxylic acid groups (broad SMARTS) is 1. The quantitative estimate of drug-likeness (QED) is 0.884. The lowest BCUT2D eigenvalue weighted by molar-refractivity contribution is -0.138. The second-order valence-electron chi connectivity index (χ2n) is 4.06. The molecule has 2 N–H and O–H groups in total. The molecule has 2 rings (SSSR count). The van der Waals surface area contributed by atoms with E-state index in [0.717, 1.165) is 16.6 Å². The first-order chi connectivity index (χ1) is 9.49. The van der Waals surface area contributed by atoms with E-state index in [2.05, 4.69) is 21.2 Å². The van der Waals surface area contributed by atoms with Gasteiger partial charge in [-0.15, -0.1) is 0 Å². The molecule has 0 amide bonds. The Morgan fingerprint density at radius 3 is 2.30 bits per heavy atom. The van der Waals surface area contributed by atoms with E-state index >= 15 is 0 Å². The molecule has 0 radical (unpaired) electrons. The molecule has 0 aliphatic carbocycles. The van der Waals surface area contributed by atoms with Gasteiger partial charge in [0.15, 0.2) is 6.04 Å². The van der Waals surface area contributed by atoms with Crippen molar-refractivity contribution in [1.82, 2.24) is 0 Å². The van der Waals surface area contributed by atoms with Crippen LogP contribution < -0.4 is 5.32 Å². The summed E-state index contributed by atoms with van der Waals surface area (Å²) in [4.78, 5) is 11.3. The van der Waals surface area contributed by atoms with Gasteiger partial charge in [-0.05, 0) is 30.3 Å². The fourth-order valence-electron chi connectivity index (χ4n) is 1.79. The van der Waals surface area contributed by atoms with Gasteiger partial charge >= 0.3 is 5.97 Å². The molecule has 6 heteroatoms. The molecule has 0 aliphatic heterocycles. The van der Waals surface area contributed by atoms with E-state index in [1.165, 1.54) is 6.07 Å².